The summed E-state index contributed by atoms with van der Waals surface area (Å²) in [6, 6.07) is 0.558. The predicted octanol–water partition coefficient (Wildman–Crippen LogP) is 1.56. The van der Waals surface area contributed by atoms with Crippen molar-refractivity contribution in [2.45, 2.75) is 33.7 Å². The molecule has 0 amide bonds. The van der Waals surface area contributed by atoms with Crippen LogP contribution in [0.5, 0.6) is 0 Å². The minimum Gasteiger partial charge on any atom is -0.330 e. The zero-order chi connectivity index (χ0) is 9.94. The molecule has 0 radical (unpaired) electrons. The first-order valence-corrected chi connectivity index (χ1v) is 4.69. The SMILES string of the molecule is CC(C)C(N(C)C)C(C)(C)CN. The summed E-state index contributed by atoms with van der Waals surface area (Å²) in [7, 11) is 4.25. The van der Waals surface area contributed by atoms with Crippen molar-refractivity contribution in [3.05, 3.63) is 0 Å². The summed E-state index contributed by atoms with van der Waals surface area (Å²) in [6.45, 7) is 9.72. The van der Waals surface area contributed by atoms with Gasteiger partial charge in [0.1, 0.15) is 0 Å². The molecule has 0 fully saturated rings. The van der Waals surface area contributed by atoms with Crippen LogP contribution in [0.25, 0.3) is 0 Å². The Hall–Kier alpha value is -0.0800. The van der Waals surface area contributed by atoms with Crippen LogP contribution in [0.15, 0.2) is 0 Å². The molecular weight excluding hydrogens is 148 g/mol. The van der Waals surface area contributed by atoms with Crippen LogP contribution in [-0.2, 0) is 0 Å². The topological polar surface area (TPSA) is 29.3 Å². The Bertz CT molecular complexity index is 120. The van der Waals surface area contributed by atoms with E-state index in [9.17, 15) is 0 Å². The summed E-state index contributed by atoms with van der Waals surface area (Å²) in [5, 5.41) is 0. The van der Waals surface area contributed by atoms with E-state index in [0.29, 0.717) is 12.0 Å². The van der Waals surface area contributed by atoms with Crippen molar-refractivity contribution in [1.82, 2.24) is 4.90 Å². The Morgan fingerprint density at radius 2 is 1.67 bits per heavy atom. The van der Waals surface area contributed by atoms with Crippen molar-refractivity contribution in [3.8, 4) is 0 Å². The molecule has 0 heterocycles. The molecule has 0 aliphatic rings. The van der Waals surface area contributed by atoms with Gasteiger partial charge in [0.05, 0.1) is 0 Å². The van der Waals surface area contributed by atoms with Gasteiger partial charge in [0, 0.05) is 6.04 Å². The van der Waals surface area contributed by atoms with E-state index in [2.05, 4.69) is 46.7 Å². The summed E-state index contributed by atoms with van der Waals surface area (Å²) < 4.78 is 0. The van der Waals surface area contributed by atoms with Gasteiger partial charge in [-0.05, 0) is 32.0 Å². The Morgan fingerprint density at radius 3 is 1.75 bits per heavy atom. The zero-order valence-corrected chi connectivity index (χ0v) is 9.39. The van der Waals surface area contributed by atoms with Crippen molar-refractivity contribution < 1.29 is 0 Å². The van der Waals surface area contributed by atoms with Crippen molar-refractivity contribution in [2.24, 2.45) is 17.1 Å². The van der Waals surface area contributed by atoms with Crippen molar-refractivity contribution in [3.63, 3.8) is 0 Å². The lowest BCUT2D eigenvalue weighted by molar-refractivity contribution is 0.0996. The first-order chi connectivity index (χ1) is 5.33. The highest BCUT2D eigenvalue weighted by Crippen LogP contribution is 2.27. The molecule has 0 aromatic carbocycles. The number of nitrogens with zero attached hydrogens (tertiary/aromatic N) is 1. The van der Waals surface area contributed by atoms with E-state index in [-0.39, 0.29) is 5.41 Å². The third-order valence-corrected chi connectivity index (χ3v) is 2.51. The van der Waals surface area contributed by atoms with E-state index in [1.165, 1.54) is 0 Å². The highest BCUT2D eigenvalue weighted by atomic mass is 15.1. The van der Waals surface area contributed by atoms with Crippen LogP contribution in [0.2, 0.25) is 0 Å². The van der Waals surface area contributed by atoms with Gasteiger partial charge in [0.25, 0.3) is 0 Å². The Kier molecular flexibility index (Phi) is 4.21. The van der Waals surface area contributed by atoms with Crippen LogP contribution in [0, 0.1) is 11.3 Å². The molecular formula is C10H24N2. The lowest BCUT2D eigenvalue weighted by atomic mass is 9.78. The van der Waals surface area contributed by atoms with Gasteiger partial charge in [-0.1, -0.05) is 27.7 Å². The molecule has 0 aromatic heterocycles. The molecule has 0 rings (SSSR count). The molecule has 2 nitrogen and oxygen atoms in total. The zero-order valence-electron chi connectivity index (χ0n) is 9.39. The van der Waals surface area contributed by atoms with Gasteiger partial charge in [0.15, 0.2) is 0 Å². The lowest BCUT2D eigenvalue weighted by Gasteiger charge is -2.40. The molecule has 1 unspecified atom stereocenters. The smallest absolute Gasteiger partial charge is 0.0175 e. The molecule has 74 valence electrons. The van der Waals surface area contributed by atoms with E-state index in [4.69, 9.17) is 5.73 Å². The minimum absolute atomic E-state index is 0.206. The molecule has 0 bridgehead atoms. The second-order valence-corrected chi connectivity index (χ2v) is 4.85. The minimum atomic E-state index is 0.206. The first kappa shape index (κ1) is 11.9. The van der Waals surface area contributed by atoms with Gasteiger partial charge in [-0.3, -0.25) is 0 Å². The Balaban J connectivity index is 4.50. The van der Waals surface area contributed by atoms with E-state index >= 15 is 0 Å². The summed E-state index contributed by atoms with van der Waals surface area (Å²) in [5.41, 5.74) is 5.96. The Morgan fingerprint density at radius 1 is 1.25 bits per heavy atom. The van der Waals surface area contributed by atoms with Crippen LogP contribution < -0.4 is 5.73 Å². The molecule has 12 heavy (non-hydrogen) atoms. The van der Waals surface area contributed by atoms with E-state index in [1.54, 1.807) is 0 Å². The molecule has 1 atom stereocenters. The fourth-order valence-electron chi connectivity index (χ4n) is 2.32. The highest BCUT2D eigenvalue weighted by Gasteiger charge is 2.31. The van der Waals surface area contributed by atoms with Gasteiger partial charge >= 0.3 is 0 Å². The number of rotatable bonds is 4. The van der Waals surface area contributed by atoms with Gasteiger partial charge in [-0.2, -0.15) is 0 Å². The molecule has 2 heteroatoms. The summed E-state index contributed by atoms with van der Waals surface area (Å²) in [6.07, 6.45) is 0. The maximum atomic E-state index is 5.76. The maximum Gasteiger partial charge on any atom is 0.0175 e. The highest BCUT2D eigenvalue weighted by molar-refractivity contribution is 4.86. The van der Waals surface area contributed by atoms with Crippen LogP contribution in [0.1, 0.15) is 27.7 Å². The van der Waals surface area contributed by atoms with Crippen molar-refractivity contribution in [1.29, 1.82) is 0 Å². The molecule has 0 saturated carbocycles. The number of hydrogen-bond acceptors (Lipinski definition) is 2. The second kappa shape index (κ2) is 4.24. The van der Waals surface area contributed by atoms with E-state index in [1.807, 2.05) is 0 Å². The van der Waals surface area contributed by atoms with Gasteiger partial charge in [-0.15, -0.1) is 0 Å². The molecule has 0 aliphatic heterocycles. The monoisotopic (exact) mass is 172 g/mol. The maximum absolute atomic E-state index is 5.76. The molecule has 2 N–H and O–H groups in total. The van der Waals surface area contributed by atoms with Crippen LogP contribution in [0.4, 0.5) is 0 Å². The quantitative estimate of drug-likeness (QED) is 0.697. The molecule has 0 aliphatic carbocycles. The van der Waals surface area contributed by atoms with Crippen LogP contribution in [-0.4, -0.2) is 31.6 Å². The van der Waals surface area contributed by atoms with Gasteiger partial charge in [-0.25, -0.2) is 0 Å². The standard InChI is InChI=1S/C10H24N2/c1-8(2)9(12(5)6)10(3,4)7-11/h8-9H,7,11H2,1-6H3. The molecule has 0 spiro atoms. The van der Waals surface area contributed by atoms with Gasteiger partial charge in [0.2, 0.25) is 0 Å². The summed E-state index contributed by atoms with van der Waals surface area (Å²) in [5.74, 6) is 0.651. The van der Waals surface area contributed by atoms with E-state index < -0.39 is 0 Å². The lowest BCUT2D eigenvalue weighted by Crippen LogP contribution is -2.48. The fourth-order valence-corrected chi connectivity index (χ4v) is 2.32. The Labute approximate surface area is 77.1 Å². The van der Waals surface area contributed by atoms with Crippen molar-refractivity contribution >= 4 is 0 Å². The van der Waals surface area contributed by atoms with Crippen molar-refractivity contribution in [2.75, 3.05) is 20.6 Å². The third kappa shape index (κ3) is 2.76. The second-order valence-electron chi connectivity index (χ2n) is 4.85. The fraction of sp³-hybridized carbons (Fsp3) is 1.00. The first-order valence-electron chi connectivity index (χ1n) is 4.69. The molecule has 0 aromatic rings. The number of nitrogens with two attached hydrogens (primary N) is 1. The summed E-state index contributed by atoms with van der Waals surface area (Å²) >= 11 is 0. The van der Waals surface area contributed by atoms with Crippen LogP contribution >= 0.6 is 0 Å². The average molecular weight is 172 g/mol. The third-order valence-electron chi connectivity index (χ3n) is 2.51. The average Bonchev–Trinajstić information content (AvgIpc) is 1.84. The van der Waals surface area contributed by atoms with E-state index in [0.717, 1.165) is 6.54 Å². The van der Waals surface area contributed by atoms with Gasteiger partial charge < -0.3 is 10.6 Å². The summed E-state index contributed by atoms with van der Waals surface area (Å²) in [4.78, 5) is 2.28. The number of hydrogen-bond donors (Lipinski definition) is 1. The normalized spacial score (nSPS) is 15.8. The molecule has 0 saturated heterocycles. The largest absolute Gasteiger partial charge is 0.330 e. The predicted molar refractivity (Wildman–Crippen MR) is 55.1 cm³/mol. The van der Waals surface area contributed by atoms with Crippen LogP contribution in [0.3, 0.4) is 0 Å².